The number of nitrogens with zero attached hydrogens (tertiary/aromatic N) is 1. The van der Waals surface area contributed by atoms with E-state index >= 15 is 0 Å². The monoisotopic (exact) mass is 439 g/mol. The summed E-state index contributed by atoms with van der Waals surface area (Å²) < 4.78 is 12.4. The van der Waals surface area contributed by atoms with E-state index in [4.69, 9.17) is 9.47 Å². The van der Waals surface area contributed by atoms with Crippen molar-refractivity contribution < 1.29 is 9.47 Å². The van der Waals surface area contributed by atoms with Crippen LogP contribution in [0.2, 0.25) is 0 Å². The zero-order valence-corrected chi connectivity index (χ0v) is 21.9. The Bertz CT molecular complexity index is 468. The Balaban J connectivity index is 4.13. The molecule has 0 aromatic rings. The van der Waals surface area contributed by atoms with Gasteiger partial charge in [-0.15, -0.1) is 0 Å². The number of allylic oxidation sites excluding steroid dienone is 2. The van der Waals surface area contributed by atoms with E-state index in [1.807, 2.05) is 0 Å². The first kappa shape index (κ1) is 30.1. The molecule has 4 nitrogen and oxygen atoms in total. The van der Waals surface area contributed by atoms with Crippen LogP contribution in [-0.2, 0) is 9.47 Å². The lowest BCUT2D eigenvalue weighted by Gasteiger charge is -2.31. The topological polar surface area (TPSA) is 47.9 Å². The van der Waals surface area contributed by atoms with Crippen LogP contribution in [0.1, 0.15) is 132 Å². The Morgan fingerprint density at radius 2 is 1.45 bits per heavy atom. The molecule has 2 atom stereocenters. The van der Waals surface area contributed by atoms with E-state index in [9.17, 15) is 4.91 Å². The molecule has 2 unspecified atom stereocenters. The fourth-order valence-electron chi connectivity index (χ4n) is 3.51. The van der Waals surface area contributed by atoms with E-state index in [1.54, 1.807) is 0 Å². The van der Waals surface area contributed by atoms with Crippen LogP contribution in [0, 0.1) is 16.2 Å². The van der Waals surface area contributed by atoms with Gasteiger partial charge in [0.25, 0.3) is 0 Å². The van der Waals surface area contributed by atoms with Gasteiger partial charge in [-0.25, -0.2) is 0 Å². The average Bonchev–Trinajstić information content (AvgIpc) is 2.72. The van der Waals surface area contributed by atoms with E-state index in [2.05, 4.69) is 53.6 Å². The maximum absolute atomic E-state index is 10.1. The van der Waals surface area contributed by atoms with Gasteiger partial charge >= 0.3 is 0 Å². The van der Waals surface area contributed by atoms with Crippen molar-refractivity contribution in [1.82, 2.24) is 0 Å². The summed E-state index contributed by atoms with van der Waals surface area (Å²) in [7, 11) is 0. The molecular weight excluding hydrogens is 386 g/mol. The third-order valence-corrected chi connectivity index (χ3v) is 6.20. The van der Waals surface area contributed by atoms with Gasteiger partial charge in [-0.1, -0.05) is 97.6 Å². The molecule has 0 aromatic heterocycles. The first-order valence-electron chi connectivity index (χ1n) is 13.0. The molecule has 0 rings (SSSR count). The third kappa shape index (κ3) is 17.3. The summed E-state index contributed by atoms with van der Waals surface area (Å²) in [6, 6.07) is 0. The number of hydrogen-bond donors (Lipinski definition) is 0. The van der Waals surface area contributed by atoms with Gasteiger partial charge in [0.15, 0.2) is 0 Å². The summed E-state index contributed by atoms with van der Waals surface area (Å²) >= 11 is 0. The zero-order valence-electron chi connectivity index (χ0n) is 21.9. The van der Waals surface area contributed by atoms with Gasteiger partial charge in [-0.3, -0.25) is 0 Å². The summed E-state index contributed by atoms with van der Waals surface area (Å²) in [5, 5.41) is 2.92. The predicted octanol–water partition coefficient (Wildman–Crippen LogP) is 9.18. The number of ether oxygens (including phenoxy) is 2. The van der Waals surface area contributed by atoms with Crippen LogP contribution in [0.4, 0.5) is 0 Å². The Labute approximate surface area is 193 Å². The molecule has 184 valence electrons. The van der Waals surface area contributed by atoms with Crippen LogP contribution in [0.3, 0.4) is 0 Å². The van der Waals surface area contributed by atoms with Crippen molar-refractivity contribution in [1.29, 1.82) is 0 Å². The lowest BCUT2D eigenvalue weighted by molar-refractivity contribution is -0.173. The minimum absolute atomic E-state index is 0.0562. The van der Waals surface area contributed by atoms with E-state index in [0.717, 1.165) is 56.8 Å². The van der Waals surface area contributed by atoms with Crippen LogP contribution in [0.5, 0.6) is 0 Å². The summed E-state index contributed by atoms with van der Waals surface area (Å²) in [5.41, 5.74) is 1.24. The highest BCUT2D eigenvalue weighted by atomic mass is 16.7. The fraction of sp³-hybridized carbons (Fsp3) is 0.926. The van der Waals surface area contributed by atoms with Crippen molar-refractivity contribution in [3.05, 3.63) is 16.2 Å². The lowest BCUT2D eigenvalue weighted by Crippen LogP contribution is -2.32. The van der Waals surface area contributed by atoms with E-state index < -0.39 is 0 Å². The minimum atomic E-state index is -0.211. The van der Waals surface area contributed by atoms with Crippen LogP contribution < -0.4 is 0 Å². The highest BCUT2D eigenvalue weighted by Gasteiger charge is 2.27. The second kappa shape index (κ2) is 18.7. The summed E-state index contributed by atoms with van der Waals surface area (Å²) in [6.45, 7) is 16.6. The molecule has 0 bridgehead atoms. The number of unbranched alkanes of at least 4 members (excludes halogenated alkanes) is 8. The largest absolute Gasteiger partial charge is 0.469 e. The summed E-state index contributed by atoms with van der Waals surface area (Å²) in [6.07, 6.45) is 15.5. The standard InChI is InChI=1S/C27H53NO3/c1-8-23(2)19-15-11-9-10-14-18-22-30-26(27(5,6)7)31-25(4)24(3)20-16-12-13-17-21-28-29/h23,26H,8-22H2,1-7H3/b25-24+. The van der Waals surface area contributed by atoms with Crippen LogP contribution >= 0.6 is 0 Å². The first-order valence-corrected chi connectivity index (χ1v) is 13.0. The fourth-order valence-corrected chi connectivity index (χ4v) is 3.51. The highest BCUT2D eigenvalue weighted by Crippen LogP contribution is 2.27. The quantitative estimate of drug-likeness (QED) is 0.0822. The summed E-state index contributed by atoms with van der Waals surface area (Å²) in [5.74, 6) is 1.88. The zero-order chi connectivity index (χ0) is 23.5. The van der Waals surface area contributed by atoms with Crippen LogP contribution in [0.15, 0.2) is 16.5 Å². The smallest absolute Gasteiger partial charge is 0.204 e. The maximum atomic E-state index is 10.1. The molecule has 0 radical (unpaired) electrons. The molecule has 4 heteroatoms. The number of hydrogen-bond acceptors (Lipinski definition) is 4. The van der Waals surface area contributed by atoms with Gasteiger partial charge < -0.3 is 9.47 Å². The molecule has 0 saturated carbocycles. The van der Waals surface area contributed by atoms with Gasteiger partial charge in [-0.2, -0.15) is 4.91 Å². The Morgan fingerprint density at radius 3 is 2.06 bits per heavy atom. The molecule has 0 aromatic carbocycles. The van der Waals surface area contributed by atoms with Gasteiger partial charge in [0.2, 0.25) is 6.29 Å². The molecule has 0 saturated heterocycles. The maximum Gasteiger partial charge on any atom is 0.204 e. The average molecular weight is 440 g/mol. The molecule has 0 aliphatic heterocycles. The van der Waals surface area contributed by atoms with Gasteiger partial charge in [0, 0.05) is 5.41 Å². The highest BCUT2D eigenvalue weighted by molar-refractivity contribution is 5.03. The lowest BCUT2D eigenvalue weighted by atomic mass is 9.95. The van der Waals surface area contributed by atoms with Crippen molar-refractivity contribution in [3.63, 3.8) is 0 Å². The second-order valence-electron chi connectivity index (χ2n) is 10.5. The Morgan fingerprint density at radius 1 is 0.871 bits per heavy atom. The van der Waals surface area contributed by atoms with Crippen molar-refractivity contribution in [2.75, 3.05) is 13.2 Å². The normalized spacial score (nSPS) is 14.8. The Kier molecular flexibility index (Phi) is 18.1. The van der Waals surface area contributed by atoms with Gasteiger partial charge in [-0.05, 0) is 51.0 Å². The molecular formula is C27H53NO3. The van der Waals surface area contributed by atoms with Crippen LogP contribution in [-0.4, -0.2) is 19.4 Å². The molecule has 0 amide bonds. The van der Waals surface area contributed by atoms with Crippen molar-refractivity contribution in [2.45, 2.75) is 138 Å². The minimum Gasteiger partial charge on any atom is -0.469 e. The molecule has 31 heavy (non-hydrogen) atoms. The van der Waals surface area contributed by atoms with Gasteiger partial charge in [0.1, 0.15) is 0 Å². The predicted molar refractivity (Wildman–Crippen MR) is 134 cm³/mol. The molecule has 0 heterocycles. The molecule has 0 fully saturated rings. The SMILES string of the molecule is CCC(C)CCCCCCCCOC(O/C(C)=C(\C)CCCCCCN=O)C(C)(C)C. The Hall–Kier alpha value is -0.900. The third-order valence-electron chi connectivity index (χ3n) is 6.20. The van der Waals surface area contributed by atoms with E-state index in [1.165, 1.54) is 50.5 Å². The summed E-state index contributed by atoms with van der Waals surface area (Å²) in [4.78, 5) is 10.1. The van der Waals surface area contributed by atoms with Crippen LogP contribution in [0.25, 0.3) is 0 Å². The second-order valence-corrected chi connectivity index (χ2v) is 10.5. The van der Waals surface area contributed by atoms with Crippen molar-refractivity contribution in [3.8, 4) is 0 Å². The first-order chi connectivity index (χ1) is 14.7. The number of rotatable bonds is 20. The van der Waals surface area contributed by atoms with E-state index in [0.29, 0.717) is 6.54 Å². The van der Waals surface area contributed by atoms with Crippen molar-refractivity contribution in [2.24, 2.45) is 16.5 Å². The van der Waals surface area contributed by atoms with E-state index in [-0.39, 0.29) is 11.7 Å². The number of nitroso groups, excluding NO2 is 1. The van der Waals surface area contributed by atoms with Crippen molar-refractivity contribution >= 4 is 0 Å². The molecule has 0 aliphatic carbocycles. The molecule has 0 N–H and O–H groups in total. The molecule has 0 spiro atoms. The molecule has 0 aliphatic rings. The van der Waals surface area contributed by atoms with Gasteiger partial charge in [0.05, 0.1) is 18.9 Å².